The summed E-state index contributed by atoms with van der Waals surface area (Å²) in [6.45, 7) is 5.56. The molecule has 0 radical (unpaired) electrons. The van der Waals surface area contributed by atoms with Gasteiger partial charge in [0.2, 0.25) is 5.95 Å². The molecule has 23 heavy (non-hydrogen) atoms. The van der Waals surface area contributed by atoms with Gasteiger partial charge in [-0.05, 0) is 45.7 Å². The minimum absolute atomic E-state index is 0.326. The molecule has 1 aliphatic heterocycles. The Bertz CT molecular complexity index is 516. The summed E-state index contributed by atoms with van der Waals surface area (Å²) in [4.78, 5) is 14.0. The van der Waals surface area contributed by atoms with Crippen LogP contribution in [0.15, 0.2) is 6.20 Å². The van der Waals surface area contributed by atoms with Crippen molar-refractivity contribution in [1.29, 1.82) is 0 Å². The Labute approximate surface area is 140 Å². The van der Waals surface area contributed by atoms with E-state index in [4.69, 9.17) is 4.98 Å². The van der Waals surface area contributed by atoms with Gasteiger partial charge in [0.1, 0.15) is 5.82 Å². The molecular weight excluding hydrogens is 286 g/mol. The fourth-order valence-electron chi connectivity index (χ4n) is 4.22. The number of rotatable bonds is 5. The molecule has 2 fully saturated rings. The Balaban J connectivity index is 1.71. The van der Waals surface area contributed by atoms with Gasteiger partial charge in [-0.2, -0.15) is 4.98 Å². The Morgan fingerprint density at radius 3 is 2.48 bits per heavy atom. The Morgan fingerprint density at radius 2 is 1.83 bits per heavy atom. The van der Waals surface area contributed by atoms with Crippen molar-refractivity contribution in [2.75, 3.05) is 43.9 Å². The van der Waals surface area contributed by atoms with Gasteiger partial charge < -0.3 is 10.2 Å². The van der Waals surface area contributed by atoms with Crippen LogP contribution < -0.4 is 10.2 Å². The van der Waals surface area contributed by atoms with E-state index in [0.29, 0.717) is 5.54 Å². The molecule has 3 rings (SSSR count). The smallest absolute Gasteiger partial charge is 0.224 e. The highest BCUT2D eigenvalue weighted by atomic mass is 15.3. The monoisotopic (exact) mass is 317 g/mol. The quantitative estimate of drug-likeness (QED) is 0.904. The summed E-state index contributed by atoms with van der Waals surface area (Å²) in [5, 5.41) is 3.56. The summed E-state index contributed by atoms with van der Waals surface area (Å²) in [6.07, 6.45) is 11.4. The van der Waals surface area contributed by atoms with Crippen molar-refractivity contribution in [3.8, 4) is 0 Å². The standard InChI is InChI=1S/C18H31N5/c1-15-13-19-17(21-16(15)22(2)3)20-14-18(9-5-6-10-18)23-11-7-4-8-12-23/h13H,4-12,14H2,1-3H3,(H,19,20,21). The molecule has 0 amide bonds. The molecule has 1 saturated heterocycles. The molecule has 2 heterocycles. The highest BCUT2D eigenvalue weighted by molar-refractivity contribution is 5.47. The fraction of sp³-hybridized carbons (Fsp3) is 0.778. The molecule has 0 aromatic carbocycles. The summed E-state index contributed by atoms with van der Waals surface area (Å²) in [5.74, 6) is 1.77. The second-order valence-corrected chi connectivity index (χ2v) is 7.43. The third-order valence-electron chi connectivity index (χ3n) is 5.51. The molecule has 2 aliphatic rings. The Morgan fingerprint density at radius 1 is 1.13 bits per heavy atom. The van der Waals surface area contributed by atoms with Crippen LogP contribution in [-0.4, -0.2) is 54.1 Å². The van der Waals surface area contributed by atoms with E-state index in [0.717, 1.165) is 23.9 Å². The summed E-state index contributed by atoms with van der Waals surface area (Å²) in [6, 6.07) is 0. The number of hydrogen-bond donors (Lipinski definition) is 1. The third kappa shape index (κ3) is 3.60. The molecule has 0 unspecified atom stereocenters. The van der Waals surface area contributed by atoms with E-state index >= 15 is 0 Å². The minimum atomic E-state index is 0.326. The summed E-state index contributed by atoms with van der Waals surface area (Å²) < 4.78 is 0. The van der Waals surface area contributed by atoms with E-state index < -0.39 is 0 Å². The molecule has 1 saturated carbocycles. The summed E-state index contributed by atoms with van der Waals surface area (Å²) in [7, 11) is 4.07. The van der Waals surface area contributed by atoms with E-state index in [1.54, 1.807) is 0 Å². The van der Waals surface area contributed by atoms with Crippen LogP contribution in [0.5, 0.6) is 0 Å². The highest BCUT2D eigenvalue weighted by Crippen LogP contribution is 2.37. The summed E-state index contributed by atoms with van der Waals surface area (Å²) >= 11 is 0. The fourth-order valence-corrected chi connectivity index (χ4v) is 4.22. The van der Waals surface area contributed by atoms with Crippen LogP contribution in [-0.2, 0) is 0 Å². The molecule has 5 heteroatoms. The van der Waals surface area contributed by atoms with Crippen molar-refractivity contribution >= 4 is 11.8 Å². The topological polar surface area (TPSA) is 44.3 Å². The number of hydrogen-bond acceptors (Lipinski definition) is 5. The van der Waals surface area contributed by atoms with E-state index in [2.05, 4.69) is 27.0 Å². The number of nitrogens with zero attached hydrogens (tertiary/aromatic N) is 4. The first kappa shape index (κ1) is 16.5. The number of likely N-dealkylation sites (tertiary alicyclic amines) is 1. The number of anilines is 2. The van der Waals surface area contributed by atoms with Crippen LogP contribution in [0, 0.1) is 6.92 Å². The molecule has 0 spiro atoms. The van der Waals surface area contributed by atoms with Gasteiger partial charge >= 0.3 is 0 Å². The molecule has 1 N–H and O–H groups in total. The van der Waals surface area contributed by atoms with Crippen molar-refractivity contribution in [3.63, 3.8) is 0 Å². The molecule has 1 aromatic rings. The average molecular weight is 317 g/mol. The molecule has 5 nitrogen and oxygen atoms in total. The normalized spacial score (nSPS) is 21.3. The summed E-state index contributed by atoms with van der Waals surface area (Å²) in [5.41, 5.74) is 1.44. The van der Waals surface area contributed by atoms with E-state index in [-0.39, 0.29) is 0 Å². The van der Waals surface area contributed by atoms with E-state index in [1.165, 1.54) is 58.0 Å². The zero-order valence-electron chi connectivity index (χ0n) is 14.9. The molecule has 128 valence electrons. The molecule has 0 atom stereocenters. The number of piperidine rings is 1. The first-order valence-electron chi connectivity index (χ1n) is 9.11. The van der Waals surface area contributed by atoms with Gasteiger partial charge in [-0.15, -0.1) is 0 Å². The number of aromatic nitrogens is 2. The van der Waals surface area contributed by atoms with Gasteiger partial charge in [0.25, 0.3) is 0 Å². The second-order valence-electron chi connectivity index (χ2n) is 7.43. The average Bonchev–Trinajstić information content (AvgIpc) is 3.05. The van der Waals surface area contributed by atoms with Crippen LogP contribution in [0.25, 0.3) is 0 Å². The molecule has 0 bridgehead atoms. The van der Waals surface area contributed by atoms with Crippen molar-refractivity contribution in [2.45, 2.75) is 57.4 Å². The Kier molecular flexibility index (Phi) is 5.05. The van der Waals surface area contributed by atoms with E-state index in [9.17, 15) is 0 Å². The van der Waals surface area contributed by atoms with Crippen molar-refractivity contribution in [1.82, 2.24) is 14.9 Å². The van der Waals surface area contributed by atoms with Gasteiger partial charge in [-0.25, -0.2) is 4.98 Å². The lowest BCUT2D eigenvalue weighted by Gasteiger charge is -2.43. The van der Waals surface area contributed by atoms with Crippen LogP contribution in [0.4, 0.5) is 11.8 Å². The SMILES string of the molecule is Cc1cnc(NCC2(N3CCCCC3)CCCC2)nc1N(C)C. The number of nitrogens with one attached hydrogen (secondary N) is 1. The van der Waals surface area contributed by atoms with Gasteiger partial charge in [0, 0.05) is 37.9 Å². The van der Waals surface area contributed by atoms with Crippen LogP contribution >= 0.6 is 0 Å². The lowest BCUT2D eigenvalue weighted by atomic mass is 9.92. The van der Waals surface area contributed by atoms with Gasteiger partial charge in [0.05, 0.1) is 0 Å². The predicted molar refractivity (Wildman–Crippen MR) is 96.2 cm³/mol. The minimum Gasteiger partial charge on any atom is -0.362 e. The van der Waals surface area contributed by atoms with Crippen molar-refractivity contribution in [3.05, 3.63) is 11.8 Å². The van der Waals surface area contributed by atoms with Gasteiger partial charge in [0.15, 0.2) is 0 Å². The van der Waals surface area contributed by atoms with Crippen LogP contribution in [0.3, 0.4) is 0 Å². The van der Waals surface area contributed by atoms with Crippen LogP contribution in [0.2, 0.25) is 0 Å². The van der Waals surface area contributed by atoms with E-state index in [1.807, 2.05) is 20.3 Å². The van der Waals surface area contributed by atoms with Gasteiger partial charge in [-0.1, -0.05) is 19.3 Å². The molecule has 1 aliphatic carbocycles. The lowest BCUT2D eigenvalue weighted by molar-refractivity contribution is 0.0807. The van der Waals surface area contributed by atoms with Crippen molar-refractivity contribution in [2.24, 2.45) is 0 Å². The highest BCUT2D eigenvalue weighted by Gasteiger charge is 2.39. The predicted octanol–water partition coefficient (Wildman–Crippen LogP) is 3.06. The maximum atomic E-state index is 4.69. The first-order valence-corrected chi connectivity index (χ1v) is 9.11. The Hall–Kier alpha value is -1.36. The largest absolute Gasteiger partial charge is 0.362 e. The maximum Gasteiger partial charge on any atom is 0.224 e. The third-order valence-corrected chi connectivity index (χ3v) is 5.51. The zero-order chi connectivity index (χ0) is 16.3. The second kappa shape index (κ2) is 7.04. The molecular formula is C18H31N5. The van der Waals surface area contributed by atoms with Crippen molar-refractivity contribution < 1.29 is 0 Å². The first-order chi connectivity index (χ1) is 11.1. The van der Waals surface area contributed by atoms with Crippen LogP contribution in [0.1, 0.15) is 50.5 Å². The van der Waals surface area contributed by atoms with Gasteiger partial charge in [-0.3, -0.25) is 4.90 Å². The number of aryl methyl sites for hydroxylation is 1. The lowest BCUT2D eigenvalue weighted by Crippen LogP contribution is -2.53. The zero-order valence-corrected chi connectivity index (χ0v) is 14.9. The molecule has 1 aromatic heterocycles. The maximum absolute atomic E-state index is 4.69.